The lowest BCUT2D eigenvalue weighted by Gasteiger charge is -2.22. The van der Waals surface area contributed by atoms with Gasteiger partial charge in [0.2, 0.25) is 5.91 Å². The summed E-state index contributed by atoms with van der Waals surface area (Å²) in [6.07, 6.45) is 7.43. The molecule has 1 rings (SSSR count). The molecule has 0 saturated heterocycles. The van der Waals surface area contributed by atoms with Crippen LogP contribution in [0.1, 0.15) is 43.1 Å². The third-order valence-electron chi connectivity index (χ3n) is 3.31. The van der Waals surface area contributed by atoms with E-state index < -0.39 is 0 Å². The fraction of sp³-hybridized carbons (Fsp3) is 0.625. The number of amides is 2. The molecule has 0 aliphatic carbocycles. The molecule has 2 amide bonds. The van der Waals surface area contributed by atoms with Gasteiger partial charge in [-0.1, -0.05) is 13.3 Å². The van der Waals surface area contributed by atoms with Crippen molar-refractivity contribution in [3.63, 3.8) is 0 Å². The van der Waals surface area contributed by atoms with Crippen LogP contribution in [0.15, 0.2) is 18.6 Å². The predicted octanol–water partition coefficient (Wildman–Crippen LogP) is 1.26. The molecule has 0 radical (unpaired) electrons. The summed E-state index contributed by atoms with van der Waals surface area (Å²) in [5.41, 5.74) is 0.288. The summed E-state index contributed by atoms with van der Waals surface area (Å²) >= 11 is 0. The molecule has 1 aromatic heterocycles. The molecule has 7 nitrogen and oxygen atoms in total. The van der Waals surface area contributed by atoms with E-state index in [1.807, 2.05) is 0 Å². The lowest BCUT2D eigenvalue weighted by molar-refractivity contribution is -0.121. The molecule has 0 spiro atoms. The Labute approximate surface area is 137 Å². The Balaban J connectivity index is 2.54. The summed E-state index contributed by atoms with van der Waals surface area (Å²) < 4.78 is 5.02. The number of ether oxygens (including phenoxy) is 1. The van der Waals surface area contributed by atoms with E-state index in [9.17, 15) is 9.59 Å². The Hall–Kier alpha value is -2.02. The Morgan fingerprint density at radius 3 is 2.74 bits per heavy atom. The molecule has 0 aliphatic rings. The topological polar surface area (TPSA) is 84.4 Å². The Kier molecular flexibility index (Phi) is 9.54. The third-order valence-corrected chi connectivity index (χ3v) is 3.31. The number of rotatable bonds is 11. The summed E-state index contributed by atoms with van der Waals surface area (Å²) in [5, 5.41) is 2.86. The number of carbonyl (C=O) groups is 2. The van der Waals surface area contributed by atoms with Crippen LogP contribution >= 0.6 is 0 Å². The highest BCUT2D eigenvalue weighted by Gasteiger charge is 2.17. The lowest BCUT2D eigenvalue weighted by Crippen LogP contribution is -2.37. The number of nitrogens with zero attached hydrogens (tertiary/aromatic N) is 3. The lowest BCUT2D eigenvalue weighted by atomic mass is 10.2. The molecule has 128 valence electrons. The molecule has 7 heteroatoms. The third kappa shape index (κ3) is 7.69. The summed E-state index contributed by atoms with van der Waals surface area (Å²) in [4.78, 5) is 33.8. The molecule has 0 atom stereocenters. The highest BCUT2D eigenvalue weighted by Crippen LogP contribution is 2.03. The average molecular weight is 322 g/mol. The van der Waals surface area contributed by atoms with Crippen molar-refractivity contribution in [1.82, 2.24) is 20.2 Å². The summed E-state index contributed by atoms with van der Waals surface area (Å²) in [5.74, 6) is -0.252. The summed E-state index contributed by atoms with van der Waals surface area (Å²) in [7, 11) is 1.62. The van der Waals surface area contributed by atoms with Gasteiger partial charge in [0, 0.05) is 52.2 Å². The average Bonchev–Trinajstić information content (AvgIpc) is 2.58. The van der Waals surface area contributed by atoms with Gasteiger partial charge in [0.05, 0.1) is 6.20 Å². The van der Waals surface area contributed by atoms with Gasteiger partial charge in [0.15, 0.2) is 0 Å². The van der Waals surface area contributed by atoms with Gasteiger partial charge in [-0.2, -0.15) is 0 Å². The molecule has 0 saturated carbocycles. The van der Waals surface area contributed by atoms with Crippen molar-refractivity contribution in [3.05, 3.63) is 24.3 Å². The van der Waals surface area contributed by atoms with Crippen LogP contribution in [-0.2, 0) is 9.53 Å². The highest BCUT2D eigenvalue weighted by molar-refractivity contribution is 5.92. The molecule has 0 aromatic carbocycles. The van der Waals surface area contributed by atoms with Gasteiger partial charge < -0.3 is 15.0 Å². The van der Waals surface area contributed by atoms with Crippen LogP contribution in [0.3, 0.4) is 0 Å². The maximum atomic E-state index is 12.5. The van der Waals surface area contributed by atoms with Crippen molar-refractivity contribution in [2.75, 3.05) is 33.4 Å². The molecule has 0 bridgehead atoms. The molecule has 0 unspecified atom stereocenters. The van der Waals surface area contributed by atoms with Gasteiger partial charge in [0.25, 0.3) is 5.91 Å². The van der Waals surface area contributed by atoms with Gasteiger partial charge in [-0.05, 0) is 12.8 Å². The fourth-order valence-electron chi connectivity index (χ4n) is 2.02. The number of nitrogens with one attached hydrogen (secondary N) is 1. The van der Waals surface area contributed by atoms with Crippen LogP contribution in [-0.4, -0.2) is 60.0 Å². The van der Waals surface area contributed by atoms with Crippen LogP contribution < -0.4 is 5.32 Å². The molecule has 1 N–H and O–H groups in total. The maximum absolute atomic E-state index is 12.5. The normalized spacial score (nSPS) is 10.3. The number of hydrogen-bond donors (Lipinski definition) is 1. The second-order valence-corrected chi connectivity index (χ2v) is 5.18. The monoisotopic (exact) mass is 322 g/mol. The van der Waals surface area contributed by atoms with Gasteiger partial charge in [-0.25, -0.2) is 4.98 Å². The van der Waals surface area contributed by atoms with Crippen molar-refractivity contribution >= 4 is 11.8 Å². The van der Waals surface area contributed by atoms with E-state index in [0.29, 0.717) is 32.7 Å². The zero-order chi connectivity index (χ0) is 16.9. The molecule has 1 heterocycles. The zero-order valence-electron chi connectivity index (χ0n) is 14.0. The minimum Gasteiger partial charge on any atom is -0.385 e. The number of aromatic nitrogens is 2. The van der Waals surface area contributed by atoms with E-state index in [4.69, 9.17) is 4.74 Å². The minimum atomic E-state index is -0.212. The van der Waals surface area contributed by atoms with Gasteiger partial charge >= 0.3 is 0 Å². The van der Waals surface area contributed by atoms with Crippen LogP contribution in [0, 0.1) is 0 Å². The zero-order valence-corrected chi connectivity index (χ0v) is 14.0. The predicted molar refractivity (Wildman–Crippen MR) is 87.0 cm³/mol. The number of methoxy groups -OCH3 is 1. The van der Waals surface area contributed by atoms with Crippen molar-refractivity contribution < 1.29 is 14.3 Å². The second-order valence-electron chi connectivity index (χ2n) is 5.18. The Morgan fingerprint density at radius 1 is 1.26 bits per heavy atom. The van der Waals surface area contributed by atoms with Gasteiger partial charge in [-0.3, -0.25) is 14.6 Å². The summed E-state index contributed by atoms with van der Waals surface area (Å²) in [6.45, 7) is 4.19. The van der Waals surface area contributed by atoms with E-state index in [0.717, 1.165) is 12.8 Å². The maximum Gasteiger partial charge on any atom is 0.274 e. The van der Waals surface area contributed by atoms with Crippen molar-refractivity contribution in [2.45, 2.75) is 32.6 Å². The number of hydrogen-bond acceptors (Lipinski definition) is 5. The first kappa shape index (κ1) is 19.0. The number of unbranched alkanes of at least 4 members (excludes halogenated alkanes) is 1. The molecule has 0 fully saturated rings. The van der Waals surface area contributed by atoms with Crippen LogP contribution in [0.5, 0.6) is 0 Å². The second kappa shape index (κ2) is 11.5. The minimum absolute atomic E-state index is 0.0397. The van der Waals surface area contributed by atoms with Crippen molar-refractivity contribution in [2.24, 2.45) is 0 Å². The first-order valence-electron chi connectivity index (χ1n) is 8.00. The molecule has 23 heavy (non-hydrogen) atoms. The van der Waals surface area contributed by atoms with E-state index in [1.165, 1.54) is 18.6 Å². The largest absolute Gasteiger partial charge is 0.385 e. The Bertz CT molecular complexity index is 468. The van der Waals surface area contributed by atoms with Crippen molar-refractivity contribution in [3.8, 4) is 0 Å². The van der Waals surface area contributed by atoms with Crippen LogP contribution in [0.2, 0.25) is 0 Å². The SMILES string of the molecule is CCCCNC(=O)CCN(CCCOC)C(=O)c1cnccn1. The van der Waals surface area contributed by atoms with Gasteiger partial charge in [-0.15, -0.1) is 0 Å². The quantitative estimate of drug-likeness (QED) is 0.620. The highest BCUT2D eigenvalue weighted by atomic mass is 16.5. The molecular formula is C16H26N4O3. The van der Waals surface area contributed by atoms with E-state index in [1.54, 1.807) is 12.0 Å². The standard InChI is InChI=1S/C16H26N4O3/c1-3-4-7-19-15(21)6-11-20(10-5-12-23-2)16(22)14-13-17-8-9-18-14/h8-9,13H,3-7,10-12H2,1-2H3,(H,19,21). The summed E-state index contributed by atoms with van der Waals surface area (Å²) in [6, 6.07) is 0. The van der Waals surface area contributed by atoms with E-state index in [2.05, 4.69) is 22.2 Å². The molecule has 0 aliphatic heterocycles. The van der Waals surface area contributed by atoms with Crippen LogP contribution in [0.25, 0.3) is 0 Å². The number of carbonyl (C=O) groups excluding carboxylic acids is 2. The first-order valence-corrected chi connectivity index (χ1v) is 8.00. The molecular weight excluding hydrogens is 296 g/mol. The van der Waals surface area contributed by atoms with Crippen molar-refractivity contribution in [1.29, 1.82) is 0 Å². The van der Waals surface area contributed by atoms with Crippen LogP contribution in [0.4, 0.5) is 0 Å². The fourth-order valence-corrected chi connectivity index (χ4v) is 2.02. The Morgan fingerprint density at radius 2 is 2.09 bits per heavy atom. The van der Waals surface area contributed by atoms with E-state index in [-0.39, 0.29) is 23.9 Å². The van der Waals surface area contributed by atoms with Gasteiger partial charge in [0.1, 0.15) is 5.69 Å². The van der Waals surface area contributed by atoms with E-state index >= 15 is 0 Å². The first-order chi connectivity index (χ1) is 11.2. The molecule has 1 aromatic rings. The smallest absolute Gasteiger partial charge is 0.274 e.